The number of hydrogen-bond acceptors (Lipinski definition) is 5. The van der Waals surface area contributed by atoms with Crippen LogP contribution >= 0.6 is 0 Å². The van der Waals surface area contributed by atoms with Crippen LogP contribution in [-0.2, 0) is 14.6 Å². The van der Waals surface area contributed by atoms with Crippen molar-refractivity contribution in [1.82, 2.24) is 4.98 Å². The van der Waals surface area contributed by atoms with E-state index in [9.17, 15) is 23.6 Å². The van der Waals surface area contributed by atoms with Gasteiger partial charge in [-0.3, -0.25) is 4.98 Å². The van der Waals surface area contributed by atoms with Crippen molar-refractivity contribution < 1.29 is 18.3 Å². The third kappa shape index (κ3) is 5.14. The van der Waals surface area contributed by atoms with Crippen LogP contribution < -0.4 is 0 Å². The molecule has 1 aliphatic carbocycles. The molecule has 6 nitrogen and oxygen atoms in total. The Balaban J connectivity index is 1.75. The molecule has 0 bridgehead atoms. The fourth-order valence-electron chi connectivity index (χ4n) is 4.37. The van der Waals surface area contributed by atoms with Crippen molar-refractivity contribution in [3.8, 4) is 6.07 Å². The smallest absolute Gasteiger partial charge is 0.336 e. The van der Waals surface area contributed by atoms with E-state index in [1.165, 1.54) is 24.3 Å². The number of allylic oxidation sites excluding steroid dienone is 1. The number of aliphatic carboxylic acids is 1. The van der Waals surface area contributed by atoms with Crippen molar-refractivity contribution in [2.45, 2.75) is 31.1 Å². The molecule has 1 N–H and O–H groups in total. The Bertz CT molecular complexity index is 1540. The molecule has 36 heavy (non-hydrogen) atoms. The van der Waals surface area contributed by atoms with Crippen LogP contribution in [0.4, 0.5) is 0 Å². The number of carboxylic acid groups (broad SMARTS) is 1. The van der Waals surface area contributed by atoms with Crippen molar-refractivity contribution in [2.24, 2.45) is 5.41 Å². The number of fused-ring (bicyclic) bond motifs is 1. The zero-order valence-electron chi connectivity index (χ0n) is 20.3. The second-order valence-electron chi connectivity index (χ2n) is 9.47. The fraction of sp³-hybridized carbons (Fsp3) is 0.207. The van der Waals surface area contributed by atoms with Gasteiger partial charge < -0.3 is 5.11 Å². The zero-order valence-corrected chi connectivity index (χ0v) is 21.1. The van der Waals surface area contributed by atoms with Gasteiger partial charge in [0.2, 0.25) is 0 Å². The number of benzene rings is 2. The van der Waals surface area contributed by atoms with Crippen molar-refractivity contribution in [1.29, 1.82) is 5.26 Å². The molecule has 1 aromatic heterocycles. The summed E-state index contributed by atoms with van der Waals surface area (Å²) in [5.41, 5.74) is 4.43. The highest BCUT2D eigenvalue weighted by molar-refractivity contribution is 7.90. The summed E-state index contributed by atoms with van der Waals surface area (Å²) in [5, 5.41) is 19.6. The Hall–Kier alpha value is -4.02. The summed E-state index contributed by atoms with van der Waals surface area (Å²) in [6.07, 6.45) is 7.13. The SMILES string of the molecule is CC(C)(C#N)C1=Cc2cccnc2C(c2cccc(/C=C(/C(=O)O)c3ccc(S(C)(=O)=O)cc3)c2)C1. The lowest BCUT2D eigenvalue weighted by molar-refractivity contribution is -0.130. The Morgan fingerprint density at radius 2 is 1.86 bits per heavy atom. The molecule has 0 fully saturated rings. The fourth-order valence-corrected chi connectivity index (χ4v) is 5.00. The van der Waals surface area contributed by atoms with Crippen LogP contribution in [0.2, 0.25) is 0 Å². The van der Waals surface area contributed by atoms with Crippen LogP contribution in [0.15, 0.2) is 77.3 Å². The predicted molar refractivity (Wildman–Crippen MR) is 140 cm³/mol. The van der Waals surface area contributed by atoms with Crippen LogP contribution in [0, 0.1) is 16.7 Å². The maximum atomic E-state index is 12.1. The van der Waals surface area contributed by atoms with Gasteiger partial charge in [0.15, 0.2) is 9.84 Å². The lowest BCUT2D eigenvalue weighted by atomic mass is 9.73. The van der Waals surface area contributed by atoms with E-state index in [2.05, 4.69) is 17.1 Å². The highest BCUT2D eigenvalue weighted by Gasteiger charge is 2.31. The number of aromatic nitrogens is 1. The molecule has 2 aromatic carbocycles. The first-order valence-corrected chi connectivity index (χ1v) is 13.3. The summed E-state index contributed by atoms with van der Waals surface area (Å²) < 4.78 is 23.5. The van der Waals surface area contributed by atoms with Crippen molar-refractivity contribution in [3.63, 3.8) is 0 Å². The number of carbonyl (C=O) groups is 1. The molecule has 1 unspecified atom stereocenters. The van der Waals surface area contributed by atoms with Gasteiger partial charge in [0, 0.05) is 18.4 Å². The Labute approximate surface area is 211 Å². The van der Waals surface area contributed by atoms with Crippen molar-refractivity contribution >= 4 is 33.5 Å². The Morgan fingerprint density at radius 3 is 2.50 bits per heavy atom. The molecule has 0 saturated heterocycles. The van der Waals surface area contributed by atoms with E-state index in [1.54, 1.807) is 12.3 Å². The first kappa shape index (κ1) is 25.1. The Kier molecular flexibility index (Phi) is 6.66. The molecule has 0 radical (unpaired) electrons. The molecule has 182 valence electrons. The van der Waals surface area contributed by atoms with Gasteiger partial charge in [-0.2, -0.15) is 5.26 Å². The molecule has 0 amide bonds. The molecule has 4 rings (SSSR count). The second-order valence-corrected chi connectivity index (χ2v) is 11.5. The summed E-state index contributed by atoms with van der Waals surface area (Å²) in [5.74, 6) is -1.19. The quantitative estimate of drug-likeness (QED) is 0.351. The number of nitriles is 1. The number of hydrogen-bond donors (Lipinski definition) is 1. The van der Waals surface area contributed by atoms with Crippen LogP contribution in [0.1, 0.15) is 54.1 Å². The zero-order chi connectivity index (χ0) is 26.1. The normalized spacial score (nSPS) is 16.0. The Morgan fingerprint density at radius 1 is 1.14 bits per heavy atom. The van der Waals surface area contributed by atoms with Gasteiger partial charge in [-0.15, -0.1) is 0 Å². The molecule has 1 heterocycles. The molecule has 7 heteroatoms. The van der Waals surface area contributed by atoms with Gasteiger partial charge in [-0.25, -0.2) is 13.2 Å². The highest BCUT2D eigenvalue weighted by Crippen LogP contribution is 2.43. The number of rotatable bonds is 6. The average Bonchev–Trinajstić information content (AvgIpc) is 2.86. The van der Waals surface area contributed by atoms with Crippen LogP contribution in [-0.4, -0.2) is 30.7 Å². The average molecular weight is 499 g/mol. The van der Waals surface area contributed by atoms with Crippen LogP contribution in [0.5, 0.6) is 0 Å². The molecule has 0 aliphatic heterocycles. The van der Waals surface area contributed by atoms with Gasteiger partial charge in [-0.1, -0.05) is 48.5 Å². The first-order chi connectivity index (χ1) is 17.0. The van der Waals surface area contributed by atoms with Gasteiger partial charge in [0.05, 0.1) is 27.6 Å². The van der Waals surface area contributed by atoms with Crippen LogP contribution in [0.3, 0.4) is 0 Å². The molecule has 0 saturated carbocycles. The van der Waals surface area contributed by atoms with E-state index in [4.69, 9.17) is 0 Å². The number of sulfone groups is 1. The minimum atomic E-state index is -3.38. The lowest BCUT2D eigenvalue weighted by Crippen LogP contribution is -2.19. The van der Waals surface area contributed by atoms with Gasteiger partial charge in [0.1, 0.15) is 0 Å². The summed E-state index contributed by atoms with van der Waals surface area (Å²) in [6.45, 7) is 3.81. The summed E-state index contributed by atoms with van der Waals surface area (Å²) >= 11 is 0. The predicted octanol–water partition coefficient (Wildman–Crippen LogP) is 5.58. The minimum Gasteiger partial charge on any atom is -0.478 e. The standard InChI is InChI=1S/C29H26N2O4S/c1-29(2,18-30)23-16-22-8-5-13-31-27(22)25(17-23)21-7-4-6-19(14-21)15-26(28(32)33)20-9-11-24(12-10-20)36(3,34)35/h4-16,25H,17H2,1-3H3,(H,32,33)/b26-15+. The van der Waals surface area contributed by atoms with E-state index in [0.29, 0.717) is 17.5 Å². The topological polar surface area (TPSA) is 108 Å². The summed E-state index contributed by atoms with van der Waals surface area (Å²) in [4.78, 5) is 16.8. The van der Waals surface area contributed by atoms with E-state index in [0.717, 1.165) is 28.6 Å². The highest BCUT2D eigenvalue weighted by atomic mass is 32.2. The second kappa shape index (κ2) is 9.56. The van der Waals surface area contributed by atoms with E-state index >= 15 is 0 Å². The number of pyridine rings is 1. The maximum Gasteiger partial charge on any atom is 0.336 e. The van der Waals surface area contributed by atoms with Gasteiger partial charge >= 0.3 is 5.97 Å². The molecule has 0 spiro atoms. The van der Waals surface area contributed by atoms with Gasteiger partial charge in [0.25, 0.3) is 0 Å². The molecule has 1 atom stereocenters. The third-order valence-corrected chi connectivity index (χ3v) is 7.61. The van der Waals surface area contributed by atoms with E-state index in [1.807, 2.05) is 50.2 Å². The van der Waals surface area contributed by atoms with Crippen molar-refractivity contribution in [2.75, 3.05) is 6.26 Å². The van der Waals surface area contributed by atoms with E-state index < -0.39 is 21.2 Å². The van der Waals surface area contributed by atoms with Gasteiger partial charge in [-0.05, 0) is 72.4 Å². The largest absolute Gasteiger partial charge is 0.478 e. The maximum absolute atomic E-state index is 12.1. The first-order valence-electron chi connectivity index (χ1n) is 11.4. The lowest BCUT2D eigenvalue weighted by Gasteiger charge is -2.30. The number of nitrogens with zero attached hydrogens (tertiary/aromatic N) is 2. The molecular weight excluding hydrogens is 472 g/mol. The minimum absolute atomic E-state index is 0.0561. The molecular formula is C29H26N2O4S. The number of carboxylic acids is 1. The van der Waals surface area contributed by atoms with Crippen molar-refractivity contribution in [3.05, 3.63) is 100 Å². The van der Waals surface area contributed by atoms with E-state index in [-0.39, 0.29) is 16.4 Å². The summed E-state index contributed by atoms with van der Waals surface area (Å²) in [7, 11) is -3.38. The monoisotopic (exact) mass is 498 g/mol. The molecule has 1 aliphatic rings. The third-order valence-electron chi connectivity index (χ3n) is 6.49. The van der Waals surface area contributed by atoms with Crippen LogP contribution in [0.25, 0.3) is 17.7 Å². The summed E-state index contributed by atoms with van der Waals surface area (Å²) in [6, 6.07) is 19.7. The molecule has 3 aromatic rings.